The molecule has 3 aromatic rings. The van der Waals surface area contributed by atoms with E-state index in [0.29, 0.717) is 12.6 Å². The quantitative estimate of drug-likeness (QED) is 0.570. The lowest BCUT2D eigenvalue weighted by atomic mass is 9.78. The Kier molecular flexibility index (Phi) is 5.59. The van der Waals surface area contributed by atoms with Crippen LogP contribution in [0, 0.1) is 11.2 Å². The Morgan fingerprint density at radius 3 is 2.83 bits per heavy atom. The first-order chi connectivity index (χ1) is 17.0. The van der Waals surface area contributed by atoms with Crippen molar-refractivity contribution < 1.29 is 13.9 Å². The van der Waals surface area contributed by atoms with Gasteiger partial charge in [-0.3, -0.25) is 9.88 Å². The number of carbonyl (C=O) groups excluding carboxylic acids is 1. The third-order valence-electron chi connectivity index (χ3n) is 7.92. The van der Waals surface area contributed by atoms with Gasteiger partial charge in [0.15, 0.2) is 0 Å². The van der Waals surface area contributed by atoms with Crippen LogP contribution >= 0.6 is 0 Å². The molecule has 3 aliphatic rings. The maximum absolute atomic E-state index is 14.3. The molecule has 0 bridgehead atoms. The van der Waals surface area contributed by atoms with E-state index in [1.165, 1.54) is 19.0 Å². The molecule has 1 saturated carbocycles. The Balaban J connectivity index is 1.11. The van der Waals surface area contributed by atoms with E-state index in [0.717, 1.165) is 68.3 Å². The van der Waals surface area contributed by atoms with Crippen LogP contribution in [-0.2, 0) is 4.74 Å². The maximum atomic E-state index is 14.3. The van der Waals surface area contributed by atoms with E-state index >= 15 is 0 Å². The Labute approximate surface area is 204 Å². The number of rotatable bonds is 4. The third kappa shape index (κ3) is 4.11. The molecule has 3 aromatic heterocycles. The number of amides is 1. The second-order valence-electron chi connectivity index (χ2n) is 10.1. The fourth-order valence-corrected chi connectivity index (χ4v) is 6.16. The normalized spacial score (nSPS) is 22.1. The van der Waals surface area contributed by atoms with Crippen LogP contribution in [-0.4, -0.2) is 82.2 Å². The van der Waals surface area contributed by atoms with Gasteiger partial charge in [0.05, 0.1) is 24.2 Å². The molecule has 6 rings (SSSR count). The lowest BCUT2D eigenvalue weighted by molar-refractivity contribution is -0.00294. The van der Waals surface area contributed by atoms with Gasteiger partial charge in [-0.1, -0.05) is 0 Å². The molecule has 0 unspecified atom stereocenters. The number of aromatic nitrogens is 3. The molecule has 2 aliphatic heterocycles. The van der Waals surface area contributed by atoms with Crippen molar-refractivity contribution in [3.8, 4) is 11.3 Å². The highest BCUT2D eigenvalue weighted by molar-refractivity contribution is 5.75. The number of anilines is 1. The summed E-state index contributed by atoms with van der Waals surface area (Å²) in [5, 5.41) is 0. The standard InChI is InChI=1S/C26H31FN6O2/c1-2-35-25(34)33-17-26(18-33)6-5-21(14-26)30-9-11-31(12-10-30)22-13-20(27)15-29-24(22)19-3-4-23-28-7-8-32(23)16-19/h3-4,7-8,13,15-16,21H,2,5-6,9-12,14,17-18H2,1H3/t21-/m1/s1. The average Bonchev–Trinajstić information content (AvgIpc) is 3.50. The van der Waals surface area contributed by atoms with E-state index < -0.39 is 0 Å². The number of hydrogen-bond acceptors (Lipinski definition) is 6. The molecule has 35 heavy (non-hydrogen) atoms. The number of likely N-dealkylation sites (tertiary alicyclic amines) is 1. The highest BCUT2D eigenvalue weighted by atomic mass is 19.1. The Morgan fingerprint density at radius 2 is 2.03 bits per heavy atom. The zero-order valence-corrected chi connectivity index (χ0v) is 20.1. The van der Waals surface area contributed by atoms with Crippen LogP contribution in [0.1, 0.15) is 26.2 Å². The minimum absolute atomic E-state index is 0.179. The number of halogens is 1. The highest BCUT2D eigenvalue weighted by Crippen LogP contribution is 2.47. The number of ether oxygens (including phenoxy) is 1. The summed E-state index contributed by atoms with van der Waals surface area (Å²) >= 11 is 0. The van der Waals surface area contributed by atoms with E-state index in [4.69, 9.17) is 4.74 Å². The second kappa shape index (κ2) is 8.78. The summed E-state index contributed by atoms with van der Waals surface area (Å²) in [6, 6.07) is 6.12. The largest absolute Gasteiger partial charge is 0.450 e. The number of imidazole rings is 1. The number of piperazine rings is 1. The first-order valence-electron chi connectivity index (χ1n) is 12.5. The molecule has 5 heterocycles. The van der Waals surface area contributed by atoms with Gasteiger partial charge in [-0.05, 0) is 38.3 Å². The molecular weight excluding hydrogens is 447 g/mol. The molecule has 0 N–H and O–H groups in total. The second-order valence-corrected chi connectivity index (χ2v) is 10.1. The summed E-state index contributed by atoms with van der Waals surface area (Å²) in [7, 11) is 0. The molecule has 0 aromatic carbocycles. The van der Waals surface area contributed by atoms with Gasteiger partial charge in [-0.15, -0.1) is 0 Å². The summed E-state index contributed by atoms with van der Waals surface area (Å²) in [5.41, 5.74) is 3.72. The van der Waals surface area contributed by atoms with E-state index in [1.807, 2.05) is 40.8 Å². The summed E-state index contributed by atoms with van der Waals surface area (Å²) < 4.78 is 21.4. The zero-order chi connectivity index (χ0) is 24.0. The van der Waals surface area contributed by atoms with Gasteiger partial charge < -0.3 is 18.9 Å². The fraction of sp³-hybridized carbons (Fsp3) is 0.500. The van der Waals surface area contributed by atoms with E-state index in [-0.39, 0.29) is 17.3 Å². The summed E-state index contributed by atoms with van der Waals surface area (Å²) in [5.74, 6) is -0.316. The molecule has 1 aliphatic carbocycles. The van der Waals surface area contributed by atoms with Crippen LogP contribution in [0.4, 0.5) is 14.9 Å². The number of pyridine rings is 2. The van der Waals surface area contributed by atoms with Crippen molar-refractivity contribution in [3.05, 3.63) is 48.8 Å². The molecule has 1 amide bonds. The molecule has 9 heteroatoms. The van der Waals surface area contributed by atoms with Crippen LogP contribution in [0.2, 0.25) is 0 Å². The molecule has 1 spiro atoms. The van der Waals surface area contributed by atoms with Crippen molar-refractivity contribution in [2.75, 3.05) is 50.8 Å². The van der Waals surface area contributed by atoms with Crippen molar-refractivity contribution in [1.82, 2.24) is 24.2 Å². The summed E-state index contributed by atoms with van der Waals surface area (Å²) in [6.45, 7) is 7.48. The monoisotopic (exact) mass is 478 g/mol. The van der Waals surface area contributed by atoms with E-state index in [9.17, 15) is 9.18 Å². The van der Waals surface area contributed by atoms with Crippen molar-refractivity contribution in [3.63, 3.8) is 0 Å². The number of fused-ring (bicyclic) bond motifs is 1. The minimum atomic E-state index is -0.316. The average molecular weight is 479 g/mol. The molecule has 1 atom stereocenters. The zero-order valence-electron chi connectivity index (χ0n) is 20.1. The SMILES string of the molecule is CCOC(=O)N1CC2(CC[C@@H](N3CCN(c4cc(F)cnc4-c4ccc5nccn5c4)CC3)C2)C1. The Bertz CT molecular complexity index is 1230. The summed E-state index contributed by atoms with van der Waals surface area (Å²) in [4.78, 5) is 27.4. The lowest BCUT2D eigenvalue weighted by Crippen LogP contribution is -2.58. The van der Waals surface area contributed by atoms with E-state index in [2.05, 4.69) is 19.8 Å². The van der Waals surface area contributed by atoms with Crippen molar-refractivity contribution in [2.24, 2.45) is 5.41 Å². The van der Waals surface area contributed by atoms with E-state index in [1.54, 1.807) is 12.3 Å². The van der Waals surface area contributed by atoms with Crippen LogP contribution in [0.3, 0.4) is 0 Å². The molecule has 3 fully saturated rings. The number of carbonyl (C=O) groups is 1. The maximum Gasteiger partial charge on any atom is 0.409 e. The lowest BCUT2D eigenvalue weighted by Gasteiger charge is -2.48. The van der Waals surface area contributed by atoms with Gasteiger partial charge >= 0.3 is 6.09 Å². The molecular formula is C26H31FN6O2. The van der Waals surface area contributed by atoms with Crippen molar-refractivity contribution in [2.45, 2.75) is 32.2 Å². The fourth-order valence-electron chi connectivity index (χ4n) is 6.16. The van der Waals surface area contributed by atoms with Gasteiger partial charge in [0.1, 0.15) is 11.5 Å². The predicted molar refractivity (Wildman–Crippen MR) is 131 cm³/mol. The predicted octanol–water partition coefficient (Wildman–Crippen LogP) is 3.67. The van der Waals surface area contributed by atoms with Crippen molar-refractivity contribution >= 4 is 17.4 Å². The van der Waals surface area contributed by atoms with Gasteiger partial charge in [-0.25, -0.2) is 14.2 Å². The smallest absolute Gasteiger partial charge is 0.409 e. The van der Waals surface area contributed by atoms with Gasteiger partial charge in [0.2, 0.25) is 0 Å². The summed E-state index contributed by atoms with van der Waals surface area (Å²) in [6.07, 6.45) is 10.3. The number of hydrogen-bond donors (Lipinski definition) is 0. The van der Waals surface area contributed by atoms with Crippen molar-refractivity contribution in [1.29, 1.82) is 0 Å². The number of nitrogens with zero attached hydrogens (tertiary/aromatic N) is 6. The first kappa shape index (κ1) is 22.3. The van der Waals surface area contributed by atoms with Gasteiger partial charge in [0.25, 0.3) is 0 Å². The van der Waals surface area contributed by atoms with Crippen LogP contribution in [0.15, 0.2) is 43.0 Å². The van der Waals surface area contributed by atoms with Gasteiger partial charge in [0, 0.05) is 80.9 Å². The van der Waals surface area contributed by atoms with Gasteiger partial charge in [-0.2, -0.15) is 0 Å². The van der Waals surface area contributed by atoms with Crippen LogP contribution in [0.25, 0.3) is 16.9 Å². The minimum Gasteiger partial charge on any atom is -0.450 e. The highest BCUT2D eigenvalue weighted by Gasteiger charge is 2.51. The Hall–Kier alpha value is -3.20. The first-order valence-corrected chi connectivity index (χ1v) is 12.5. The molecule has 184 valence electrons. The van der Waals surface area contributed by atoms with Crippen LogP contribution in [0.5, 0.6) is 0 Å². The van der Waals surface area contributed by atoms with Crippen LogP contribution < -0.4 is 4.90 Å². The molecule has 2 saturated heterocycles. The molecule has 8 nitrogen and oxygen atoms in total. The third-order valence-corrected chi connectivity index (χ3v) is 7.92. The molecule has 0 radical (unpaired) electrons. The topological polar surface area (TPSA) is 66.2 Å². The Morgan fingerprint density at radius 1 is 1.20 bits per heavy atom.